The molecule has 7 nitrogen and oxygen atoms in total. The van der Waals surface area contributed by atoms with E-state index in [0.29, 0.717) is 36.2 Å². The number of alkyl carbamates (subject to hydrolysis) is 1. The van der Waals surface area contributed by atoms with Crippen LogP contribution in [0.5, 0.6) is 11.5 Å². The van der Waals surface area contributed by atoms with Crippen molar-refractivity contribution in [1.82, 2.24) is 16.0 Å². The predicted octanol–water partition coefficient (Wildman–Crippen LogP) is 2.24. The quantitative estimate of drug-likeness (QED) is 0.469. The summed E-state index contributed by atoms with van der Waals surface area (Å²) >= 11 is 5.21. The summed E-state index contributed by atoms with van der Waals surface area (Å²) in [4.78, 5) is 11.5. The molecule has 0 heterocycles. The zero-order valence-corrected chi connectivity index (χ0v) is 16.9. The summed E-state index contributed by atoms with van der Waals surface area (Å²) in [5.74, 6) is 1.41. The molecular formula is C18H29N3O4S. The predicted molar refractivity (Wildman–Crippen MR) is 106 cm³/mol. The van der Waals surface area contributed by atoms with Crippen LogP contribution in [-0.2, 0) is 11.2 Å². The number of carbonyl (C=O) groups excluding carboxylic acids is 1. The highest BCUT2D eigenvalue weighted by molar-refractivity contribution is 7.80. The molecule has 0 bridgehead atoms. The van der Waals surface area contributed by atoms with Crippen molar-refractivity contribution in [3.63, 3.8) is 0 Å². The maximum absolute atomic E-state index is 11.5. The average molecular weight is 384 g/mol. The normalized spacial score (nSPS) is 10.7. The van der Waals surface area contributed by atoms with Crippen LogP contribution < -0.4 is 25.4 Å². The third-order valence-corrected chi connectivity index (χ3v) is 3.51. The first kappa shape index (κ1) is 21.8. The van der Waals surface area contributed by atoms with Gasteiger partial charge in [0.15, 0.2) is 16.6 Å². The fourth-order valence-electron chi connectivity index (χ4n) is 2.07. The van der Waals surface area contributed by atoms with E-state index >= 15 is 0 Å². The van der Waals surface area contributed by atoms with Crippen molar-refractivity contribution in [2.24, 2.45) is 0 Å². The van der Waals surface area contributed by atoms with Gasteiger partial charge in [0.25, 0.3) is 0 Å². The molecule has 0 spiro atoms. The van der Waals surface area contributed by atoms with Gasteiger partial charge in [0.1, 0.15) is 5.60 Å². The molecule has 0 unspecified atom stereocenters. The van der Waals surface area contributed by atoms with Crippen LogP contribution in [0.25, 0.3) is 0 Å². The second-order valence-corrected chi connectivity index (χ2v) is 6.96. The van der Waals surface area contributed by atoms with E-state index in [4.69, 9.17) is 26.4 Å². The summed E-state index contributed by atoms with van der Waals surface area (Å²) in [7, 11) is 3.23. The Hall–Kier alpha value is -2.22. The molecule has 0 fully saturated rings. The number of hydrogen-bond donors (Lipinski definition) is 3. The van der Waals surface area contributed by atoms with Crippen LogP contribution in [0.1, 0.15) is 26.3 Å². The van der Waals surface area contributed by atoms with Crippen LogP contribution >= 0.6 is 12.2 Å². The van der Waals surface area contributed by atoms with Crippen LogP contribution in [0, 0.1) is 0 Å². The van der Waals surface area contributed by atoms with Crippen LogP contribution in [0.4, 0.5) is 4.79 Å². The highest BCUT2D eigenvalue weighted by atomic mass is 32.1. The first-order chi connectivity index (χ1) is 12.2. The average Bonchev–Trinajstić information content (AvgIpc) is 2.57. The number of amides is 1. The minimum Gasteiger partial charge on any atom is -0.493 e. The number of methoxy groups -OCH3 is 2. The topological polar surface area (TPSA) is 80.9 Å². The Morgan fingerprint density at radius 1 is 1.00 bits per heavy atom. The lowest BCUT2D eigenvalue weighted by molar-refractivity contribution is 0.0529. The number of ether oxygens (including phenoxy) is 3. The van der Waals surface area contributed by atoms with Crippen molar-refractivity contribution < 1.29 is 19.0 Å². The van der Waals surface area contributed by atoms with Gasteiger partial charge in [0.05, 0.1) is 14.2 Å². The largest absolute Gasteiger partial charge is 0.493 e. The van der Waals surface area contributed by atoms with E-state index in [1.807, 2.05) is 39.0 Å². The molecule has 1 rings (SSSR count). The van der Waals surface area contributed by atoms with Crippen molar-refractivity contribution in [3.05, 3.63) is 23.8 Å². The lowest BCUT2D eigenvalue weighted by Gasteiger charge is -2.19. The number of carbonyl (C=O) groups is 1. The highest BCUT2D eigenvalue weighted by Crippen LogP contribution is 2.27. The van der Waals surface area contributed by atoms with Crippen molar-refractivity contribution in [2.45, 2.75) is 32.8 Å². The molecule has 0 aromatic heterocycles. The zero-order chi connectivity index (χ0) is 19.6. The Balaban J connectivity index is 2.22. The van der Waals surface area contributed by atoms with Crippen molar-refractivity contribution in [2.75, 3.05) is 33.9 Å². The summed E-state index contributed by atoms with van der Waals surface area (Å²) < 4.78 is 15.7. The lowest BCUT2D eigenvalue weighted by atomic mass is 10.1. The summed E-state index contributed by atoms with van der Waals surface area (Å²) in [6.45, 7) is 7.08. The van der Waals surface area contributed by atoms with E-state index < -0.39 is 11.7 Å². The smallest absolute Gasteiger partial charge is 0.407 e. The fourth-order valence-corrected chi connectivity index (χ4v) is 2.28. The maximum atomic E-state index is 11.5. The van der Waals surface area contributed by atoms with Crippen LogP contribution in [0.15, 0.2) is 18.2 Å². The molecule has 0 atom stereocenters. The van der Waals surface area contributed by atoms with Crippen LogP contribution in [0.2, 0.25) is 0 Å². The van der Waals surface area contributed by atoms with Gasteiger partial charge in [-0.1, -0.05) is 6.07 Å². The van der Waals surface area contributed by atoms with Gasteiger partial charge in [-0.25, -0.2) is 4.79 Å². The van der Waals surface area contributed by atoms with Crippen molar-refractivity contribution in [3.8, 4) is 11.5 Å². The SMILES string of the molecule is COc1ccc(CCNC(=S)NCCNC(=O)OC(C)(C)C)cc1OC. The van der Waals surface area contributed by atoms with Gasteiger partial charge < -0.3 is 30.2 Å². The molecule has 0 radical (unpaired) electrons. The summed E-state index contributed by atoms with van der Waals surface area (Å²) in [5.41, 5.74) is 0.614. The Labute approximate surface area is 160 Å². The zero-order valence-electron chi connectivity index (χ0n) is 16.1. The number of nitrogens with one attached hydrogen (secondary N) is 3. The van der Waals surface area contributed by atoms with E-state index in [2.05, 4.69) is 16.0 Å². The molecule has 0 aliphatic carbocycles. The summed E-state index contributed by atoms with van der Waals surface area (Å²) in [5, 5.41) is 9.36. The van der Waals surface area contributed by atoms with Gasteiger partial charge in [0.2, 0.25) is 0 Å². The number of benzene rings is 1. The van der Waals surface area contributed by atoms with Crippen molar-refractivity contribution >= 4 is 23.4 Å². The molecule has 1 aromatic rings. The van der Waals surface area contributed by atoms with Gasteiger partial charge in [-0.15, -0.1) is 0 Å². The Morgan fingerprint density at radius 3 is 2.23 bits per heavy atom. The summed E-state index contributed by atoms with van der Waals surface area (Å²) in [6.07, 6.45) is 0.352. The van der Waals surface area contributed by atoms with E-state index in [1.165, 1.54) is 0 Å². The second kappa shape index (κ2) is 10.7. The maximum Gasteiger partial charge on any atom is 0.407 e. The number of thiocarbonyl (C=S) groups is 1. The van der Waals surface area contributed by atoms with E-state index in [9.17, 15) is 4.79 Å². The van der Waals surface area contributed by atoms with Gasteiger partial charge >= 0.3 is 6.09 Å². The Kier molecular flexibility index (Phi) is 8.98. The first-order valence-corrected chi connectivity index (χ1v) is 8.85. The second-order valence-electron chi connectivity index (χ2n) is 6.55. The molecule has 26 heavy (non-hydrogen) atoms. The molecule has 146 valence electrons. The Morgan fingerprint density at radius 2 is 1.62 bits per heavy atom. The Bertz CT molecular complexity index is 603. The molecule has 8 heteroatoms. The van der Waals surface area contributed by atoms with Gasteiger partial charge in [-0.3, -0.25) is 0 Å². The monoisotopic (exact) mass is 383 g/mol. The third-order valence-electron chi connectivity index (χ3n) is 3.23. The number of hydrogen-bond acceptors (Lipinski definition) is 5. The first-order valence-electron chi connectivity index (χ1n) is 8.44. The molecular weight excluding hydrogens is 354 g/mol. The highest BCUT2D eigenvalue weighted by Gasteiger charge is 2.15. The molecule has 0 saturated carbocycles. The summed E-state index contributed by atoms with van der Waals surface area (Å²) in [6, 6.07) is 5.82. The van der Waals surface area contributed by atoms with E-state index in [0.717, 1.165) is 12.0 Å². The third kappa shape index (κ3) is 8.75. The minimum absolute atomic E-state index is 0.423. The van der Waals surface area contributed by atoms with Crippen LogP contribution in [-0.4, -0.2) is 50.7 Å². The lowest BCUT2D eigenvalue weighted by Crippen LogP contribution is -2.41. The van der Waals surface area contributed by atoms with Crippen LogP contribution in [0.3, 0.4) is 0 Å². The molecule has 1 aromatic carbocycles. The number of rotatable bonds is 8. The fraction of sp³-hybridized carbons (Fsp3) is 0.556. The standard InChI is InChI=1S/C18H29N3O4S/c1-18(2,3)25-17(22)21-11-10-20-16(26)19-9-8-13-6-7-14(23-4)15(12-13)24-5/h6-7,12H,8-11H2,1-5H3,(H,21,22)(H2,19,20,26). The molecule has 0 aliphatic rings. The molecule has 0 aliphatic heterocycles. The van der Waals surface area contributed by atoms with Crippen molar-refractivity contribution in [1.29, 1.82) is 0 Å². The molecule has 3 N–H and O–H groups in total. The van der Waals surface area contributed by atoms with Gasteiger partial charge in [0, 0.05) is 19.6 Å². The van der Waals surface area contributed by atoms with Gasteiger partial charge in [-0.2, -0.15) is 0 Å². The van der Waals surface area contributed by atoms with E-state index in [-0.39, 0.29) is 0 Å². The molecule has 1 amide bonds. The molecule has 0 saturated heterocycles. The van der Waals surface area contributed by atoms with E-state index in [1.54, 1.807) is 14.2 Å². The minimum atomic E-state index is -0.501. The van der Waals surface area contributed by atoms with Gasteiger partial charge in [-0.05, 0) is 57.1 Å².